The Bertz CT molecular complexity index is 981. The molecule has 27 heavy (non-hydrogen) atoms. The lowest BCUT2D eigenvalue weighted by Crippen LogP contribution is -2.17. The Balaban J connectivity index is 1.65. The molecule has 3 aromatic carbocycles. The summed E-state index contributed by atoms with van der Waals surface area (Å²) in [5.41, 5.74) is 3.00. The summed E-state index contributed by atoms with van der Waals surface area (Å²) in [7, 11) is 1.62. The molecule has 0 unspecified atom stereocenters. The SMILES string of the molecule is COc1ccc(C(=O)/C=C2\Sc3ccccc3N2Cc2ccccc2)cc1. The van der Waals surface area contributed by atoms with Crippen LogP contribution in [0.3, 0.4) is 0 Å². The van der Waals surface area contributed by atoms with Gasteiger partial charge in [-0.1, -0.05) is 54.2 Å². The van der Waals surface area contributed by atoms with Gasteiger partial charge in [0.15, 0.2) is 5.78 Å². The fourth-order valence-electron chi connectivity index (χ4n) is 3.04. The molecule has 3 aromatic rings. The minimum Gasteiger partial charge on any atom is -0.497 e. The van der Waals surface area contributed by atoms with Gasteiger partial charge in [-0.3, -0.25) is 4.79 Å². The van der Waals surface area contributed by atoms with Gasteiger partial charge in [-0.05, 0) is 42.0 Å². The molecule has 1 heterocycles. The maximum absolute atomic E-state index is 12.8. The van der Waals surface area contributed by atoms with Gasteiger partial charge >= 0.3 is 0 Å². The Morgan fingerprint density at radius 3 is 2.41 bits per heavy atom. The molecule has 0 saturated heterocycles. The topological polar surface area (TPSA) is 29.5 Å². The van der Waals surface area contributed by atoms with Crippen LogP contribution in [0.2, 0.25) is 0 Å². The Morgan fingerprint density at radius 1 is 0.963 bits per heavy atom. The number of benzene rings is 3. The molecule has 4 heteroatoms. The number of nitrogens with zero attached hydrogens (tertiary/aromatic N) is 1. The third-order valence-electron chi connectivity index (χ3n) is 4.45. The van der Waals surface area contributed by atoms with Crippen LogP contribution < -0.4 is 9.64 Å². The average Bonchev–Trinajstić information content (AvgIpc) is 3.06. The quantitative estimate of drug-likeness (QED) is 0.434. The van der Waals surface area contributed by atoms with E-state index in [0.717, 1.165) is 23.0 Å². The molecule has 0 saturated carbocycles. The van der Waals surface area contributed by atoms with Crippen molar-refractivity contribution in [2.45, 2.75) is 11.4 Å². The molecule has 1 aliphatic rings. The van der Waals surface area contributed by atoms with Crippen molar-refractivity contribution >= 4 is 23.2 Å². The monoisotopic (exact) mass is 373 g/mol. The van der Waals surface area contributed by atoms with Crippen LogP contribution in [0.25, 0.3) is 0 Å². The third kappa shape index (κ3) is 3.76. The predicted molar refractivity (Wildman–Crippen MR) is 110 cm³/mol. The van der Waals surface area contributed by atoms with Crippen molar-refractivity contribution in [2.75, 3.05) is 12.0 Å². The van der Waals surface area contributed by atoms with Crippen LogP contribution in [0.5, 0.6) is 5.75 Å². The van der Waals surface area contributed by atoms with Crippen LogP contribution >= 0.6 is 11.8 Å². The number of carbonyl (C=O) groups is 1. The van der Waals surface area contributed by atoms with Gasteiger partial charge in [-0.15, -0.1) is 0 Å². The number of fused-ring (bicyclic) bond motifs is 1. The molecular weight excluding hydrogens is 354 g/mol. The fourth-order valence-corrected chi connectivity index (χ4v) is 4.13. The first-order valence-corrected chi connectivity index (χ1v) is 9.54. The second kappa shape index (κ2) is 7.72. The summed E-state index contributed by atoms with van der Waals surface area (Å²) >= 11 is 1.64. The molecule has 0 atom stereocenters. The van der Waals surface area contributed by atoms with Gasteiger partial charge in [-0.25, -0.2) is 0 Å². The Kier molecular flexibility index (Phi) is 4.99. The minimum atomic E-state index is -0.00831. The summed E-state index contributed by atoms with van der Waals surface area (Å²) < 4.78 is 5.17. The van der Waals surface area contributed by atoms with E-state index in [0.29, 0.717) is 5.56 Å². The molecule has 0 spiro atoms. The standard InChI is InChI=1S/C23H19NO2S/c1-26-19-13-11-18(12-14-19)21(25)15-23-24(16-17-7-3-2-4-8-17)20-9-5-6-10-22(20)27-23/h2-15H,16H2,1H3/b23-15-. The summed E-state index contributed by atoms with van der Waals surface area (Å²) in [4.78, 5) is 16.2. The number of allylic oxidation sites excluding steroid dienone is 1. The molecule has 0 aliphatic carbocycles. The number of ketones is 1. The Morgan fingerprint density at radius 2 is 1.67 bits per heavy atom. The molecule has 134 valence electrons. The van der Waals surface area contributed by atoms with Gasteiger partial charge in [-0.2, -0.15) is 0 Å². The second-order valence-electron chi connectivity index (χ2n) is 6.22. The number of hydrogen-bond acceptors (Lipinski definition) is 4. The van der Waals surface area contributed by atoms with Gasteiger partial charge in [0.1, 0.15) is 5.75 Å². The molecule has 1 aliphatic heterocycles. The van der Waals surface area contributed by atoms with Gasteiger partial charge in [0.25, 0.3) is 0 Å². The van der Waals surface area contributed by atoms with E-state index in [9.17, 15) is 4.79 Å². The van der Waals surface area contributed by atoms with Crippen molar-refractivity contribution in [1.29, 1.82) is 0 Å². The summed E-state index contributed by atoms with van der Waals surface area (Å²) in [5.74, 6) is 0.735. The third-order valence-corrected chi connectivity index (χ3v) is 5.56. The lowest BCUT2D eigenvalue weighted by atomic mass is 10.1. The van der Waals surface area contributed by atoms with E-state index >= 15 is 0 Å². The highest BCUT2D eigenvalue weighted by molar-refractivity contribution is 8.03. The first-order valence-electron chi connectivity index (χ1n) is 8.73. The van der Waals surface area contributed by atoms with Crippen LogP contribution in [0.1, 0.15) is 15.9 Å². The number of methoxy groups -OCH3 is 1. The first kappa shape index (κ1) is 17.4. The van der Waals surface area contributed by atoms with E-state index in [4.69, 9.17) is 4.74 Å². The van der Waals surface area contributed by atoms with Crippen LogP contribution in [-0.4, -0.2) is 12.9 Å². The van der Waals surface area contributed by atoms with E-state index in [-0.39, 0.29) is 5.78 Å². The molecule has 3 nitrogen and oxygen atoms in total. The van der Waals surface area contributed by atoms with E-state index in [1.54, 1.807) is 37.1 Å². The van der Waals surface area contributed by atoms with Gasteiger partial charge in [0.05, 0.1) is 17.8 Å². The zero-order valence-corrected chi connectivity index (χ0v) is 15.8. The van der Waals surface area contributed by atoms with Gasteiger partial charge < -0.3 is 9.64 Å². The molecule has 0 fully saturated rings. The maximum Gasteiger partial charge on any atom is 0.188 e. The van der Waals surface area contributed by atoms with Crippen molar-refractivity contribution in [3.63, 3.8) is 0 Å². The molecular formula is C23H19NO2S. The van der Waals surface area contributed by atoms with Crippen molar-refractivity contribution in [1.82, 2.24) is 0 Å². The van der Waals surface area contributed by atoms with E-state index in [2.05, 4.69) is 29.2 Å². The number of para-hydroxylation sites is 1. The number of rotatable bonds is 5. The molecule has 0 bridgehead atoms. The number of ether oxygens (including phenoxy) is 1. The van der Waals surface area contributed by atoms with Crippen LogP contribution in [0.15, 0.2) is 94.9 Å². The normalized spacial score (nSPS) is 14.3. The molecule has 0 N–H and O–H groups in total. The average molecular weight is 373 g/mol. The van der Waals surface area contributed by atoms with E-state index < -0.39 is 0 Å². The van der Waals surface area contributed by atoms with E-state index in [1.807, 2.05) is 42.5 Å². The summed E-state index contributed by atoms with van der Waals surface area (Å²) in [6, 6.07) is 25.8. The highest BCUT2D eigenvalue weighted by atomic mass is 32.2. The van der Waals surface area contributed by atoms with Crippen LogP contribution in [-0.2, 0) is 6.54 Å². The molecule has 0 radical (unpaired) electrons. The number of thioether (sulfide) groups is 1. The molecule has 4 rings (SSSR count). The maximum atomic E-state index is 12.8. The summed E-state index contributed by atoms with van der Waals surface area (Å²) in [5, 5.41) is 0.945. The number of anilines is 1. The smallest absolute Gasteiger partial charge is 0.188 e. The Labute approximate surface area is 163 Å². The highest BCUT2D eigenvalue weighted by Gasteiger charge is 2.25. The van der Waals surface area contributed by atoms with Crippen molar-refractivity contribution in [3.05, 3.63) is 101 Å². The first-order chi connectivity index (χ1) is 13.2. The second-order valence-corrected chi connectivity index (χ2v) is 7.28. The van der Waals surface area contributed by atoms with Crippen LogP contribution in [0, 0.1) is 0 Å². The highest BCUT2D eigenvalue weighted by Crippen LogP contribution is 2.46. The van der Waals surface area contributed by atoms with Crippen molar-refractivity contribution in [3.8, 4) is 5.75 Å². The lowest BCUT2D eigenvalue weighted by molar-refractivity contribution is 0.104. The van der Waals surface area contributed by atoms with Crippen LogP contribution in [0.4, 0.5) is 5.69 Å². The van der Waals surface area contributed by atoms with Gasteiger partial charge in [0.2, 0.25) is 0 Å². The lowest BCUT2D eigenvalue weighted by Gasteiger charge is -2.20. The fraction of sp³-hybridized carbons (Fsp3) is 0.0870. The predicted octanol–water partition coefficient (Wildman–Crippen LogP) is 5.53. The van der Waals surface area contributed by atoms with Crippen molar-refractivity contribution in [2.24, 2.45) is 0 Å². The van der Waals surface area contributed by atoms with Gasteiger partial charge in [0, 0.05) is 23.1 Å². The van der Waals surface area contributed by atoms with Crippen molar-refractivity contribution < 1.29 is 9.53 Å². The zero-order valence-electron chi connectivity index (χ0n) is 15.0. The number of hydrogen-bond donors (Lipinski definition) is 0. The molecule has 0 aromatic heterocycles. The zero-order chi connectivity index (χ0) is 18.6. The summed E-state index contributed by atoms with van der Waals surface area (Å²) in [6.45, 7) is 0.729. The number of carbonyl (C=O) groups excluding carboxylic acids is 1. The molecule has 0 amide bonds. The summed E-state index contributed by atoms with van der Waals surface area (Å²) in [6.07, 6.45) is 1.73. The largest absolute Gasteiger partial charge is 0.497 e. The Hall–Kier alpha value is -2.98. The van der Waals surface area contributed by atoms with E-state index in [1.165, 1.54) is 10.5 Å². The minimum absolute atomic E-state index is 0.00831.